The van der Waals surface area contributed by atoms with Crippen molar-refractivity contribution in [2.24, 2.45) is 5.73 Å². The first kappa shape index (κ1) is 76.1. The minimum atomic E-state index is -4.42. The standard InChI is InChI=1S/C71H112NO8P/c1-3-5-7-9-11-13-15-17-19-21-23-24-25-26-27-28-29-30-31-32-33-34-35-36-37-38-39-40-41-42-43-44-46-48-50-52-54-56-58-60-62-64-71(74)80-69(68-79-81(75,76)78-66-65-72)67-77-70(73)63-61-59-57-55-53-51-49-47-45-22-20-18-16-14-12-10-8-6-4-2/h5-8,11-14,17-20,23-24,26-27,29-30,32-33,35-36,38-39,45,47,51,53,57,59,69H,3-4,9-10,15-16,21-22,25,28,31,34,37,40-44,46,48-50,52,54-56,58,60-68,72H2,1-2H3,(H,75,76)/b7-5-,8-6-,13-11-,14-12-,19-17-,20-18-,24-23-,27-26-,30-29-,33-32-,36-35-,39-38-,47-45-,53-51-,59-57-. The summed E-state index contributed by atoms with van der Waals surface area (Å²) in [5, 5.41) is 0. The molecule has 0 saturated heterocycles. The van der Waals surface area contributed by atoms with Crippen LogP contribution in [0.5, 0.6) is 0 Å². The number of hydrogen-bond acceptors (Lipinski definition) is 8. The number of hydrogen-bond donors (Lipinski definition) is 2. The highest BCUT2D eigenvalue weighted by molar-refractivity contribution is 7.47. The van der Waals surface area contributed by atoms with Crippen molar-refractivity contribution < 1.29 is 37.6 Å². The van der Waals surface area contributed by atoms with E-state index in [1.807, 2.05) is 12.2 Å². The Balaban J connectivity index is 4.00. The van der Waals surface area contributed by atoms with Gasteiger partial charge in [0.05, 0.1) is 13.2 Å². The van der Waals surface area contributed by atoms with Gasteiger partial charge < -0.3 is 20.1 Å². The number of carbonyl (C=O) groups excluding carboxylic acids is 2. The van der Waals surface area contributed by atoms with Gasteiger partial charge in [-0.05, 0) is 122 Å². The number of allylic oxidation sites excluding steroid dienone is 30. The summed E-state index contributed by atoms with van der Waals surface area (Å²) in [5.74, 6) is -0.939. The van der Waals surface area contributed by atoms with E-state index >= 15 is 0 Å². The molecule has 2 atom stereocenters. The molecular weight excluding hydrogens is 1030 g/mol. The van der Waals surface area contributed by atoms with Gasteiger partial charge in [0.2, 0.25) is 0 Å². The van der Waals surface area contributed by atoms with E-state index in [0.717, 1.165) is 116 Å². The summed E-state index contributed by atoms with van der Waals surface area (Å²) in [6, 6.07) is 0. The Morgan fingerprint density at radius 3 is 1.00 bits per heavy atom. The molecule has 81 heavy (non-hydrogen) atoms. The molecule has 0 fully saturated rings. The minimum absolute atomic E-state index is 0.0348. The van der Waals surface area contributed by atoms with Crippen LogP contribution in [0, 0.1) is 0 Å². The number of carbonyl (C=O) groups is 2. The minimum Gasteiger partial charge on any atom is -0.462 e. The van der Waals surface area contributed by atoms with Gasteiger partial charge in [0.25, 0.3) is 0 Å². The fourth-order valence-corrected chi connectivity index (χ4v) is 8.54. The molecule has 0 aromatic carbocycles. The smallest absolute Gasteiger partial charge is 0.462 e. The van der Waals surface area contributed by atoms with Crippen LogP contribution in [-0.2, 0) is 32.7 Å². The second kappa shape index (κ2) is 64.3. The summed E-state index contributed by atoms with van der Waals surface area (Å²) < 4.78 is 32.9. The van der Waals surface area contributed by atoms with Gasteiger partial charge in [-0.1, -0.05) is 267 Å². The Morgan fingerprint density at radius 1 is 0.370 bits per heavy atom. The van der Waals surface area contributed by atoms with Gasteiger partial charge >= 0.3 is 19.8 Å². The molecule has 0 saturated carbocycles. The van der Waals surface area contributed by atoms with Gasteiger partial charge in [-0.3, -0.25) is 18.6 Å². The van der Waals surface area contributed by atoms with Crippen molar-refractivity contribution in [1.82, 2.24) is 0 Å². The van der Waals surface area contributed by atoms with E-state index in [9.17, 15) is 19.0 Å². The van der Waals surface area contributed by atoms with Crippen LogP contribution in [0.25, 0.3) is 0 Å². The zero-order valence-corrected chi connectivity index (χ0v) is 51.6. The van der Waals surface area contributed by atoms with Gasteiger partial charge in [0, 0.05) is 19.4 Å². The van der Waals surface area contributed by atoms with E-state index in [1.165, 1.54) is 64.2 Å². The first-order valence-corrected chi connectivity index (χ1v) is 32.8. The van der Waals surface area contributed by atoms with Gasteiger partial charge in [-0.2, -0.15) is 0 Å². The number of nitrogens with two attached hydrogens (primary N) is 1. The normalized spacial score (nSPS) is 14.3. The van der Waals surface area contributed by atoms with Gasteiger partial charge in [-0.25, -0.2) is 4.57 Å². The monoisotopic (exact) mass is 1140 g/mol. The number of phosphoric ester groups is 1. The first-order valence-electron chi connectivity index (χ1n) is 31.3. The topological polar surface area (TPSA) is 134 Å². The highest BCUT2D eigenvalue weighted by Gasteiger charge is 2.26. The molecule has 2 unspecified atom stereocenters. The molecule has 0 heterocycles. The van der Waals surface area contributed by atoms with Crippen LogP contribution < -0.4 is 5.73 Å². The predicted octanol–water partition coefficient (Wildman–Crippen LogP) is 20.4. The molecule has 454 valence electrons. The van der Waals surface area contributed by atoms with Gasteiger partial charge in [-0.15, -0.1) is 0 Å². The second-order valence-corrected chi connectivity index (χ2v) is 21.3. The largest absolute Gasteiger partial charge is 0.472 e. The Hall–Kier alpha value is -4.89. The van der Waals surface area contributed by atoms with Crippen LogP contribution in [-0.4, -0.2) is 49.3 Å². The van der Waals surface area contributed by atoms with E-state index < -0.39 is 32.5 Å². The lowest BCUT2D eigenvalue weighted by Crippen LogP contribution is -2.29. The molecular formula is C71H112NO8P. The molecule has 0 spiro atoms. The first-order chi connectivity index (χ1) is 39.8. The third-order valence-corrected chi connectivity index (χ3v) is 13.3. The third kappa shape index (κ3) is 64.1. The van der Waals surface area contributed by atoms with Crippen molar-refractivity contribution >= 4 is 19.8 Å². The summed E-state index contributed by atoms with van der Waals surface area (Å²) >= 11 is 0. The van der Waals surface area contributed by atoms with E-state index in [2.05, 4.69) is 184 Å². The molecule has 10 heteroatoms. The summed E-state index contributed by atoms with van der Waals surface area (Å²) in [6.07, 6.45) is 96.9. The third-order valence-electron chi connectivity index (χ3n) is 12.3. The molecule has 0 aliphatic heterocycles. The zero-order chi connectivity index (χ0) is 58.7. The highest BCUT2D eigenvalue weighted by atomic mass is 31.2. The Labute approximate surface area is 494 Å². The average molecular weight is 1140 g/mol. The fourth-order valence-electron chi connectivity index (χ4n) is 7.77. The lowest BCUT2D eigenvalue weighted by atomic mass is 10.0. The lowest BCUT2D eigenvalue weighted by molar-refractivity contribution is -0.161. The van der Waals surface area contributed by atoms with Crippen LogP contribution in [0.2, 0.25) is 0 Å². The Kier molecular flexibility index (Phi) is 60.4. The van der Waals surface area contributed by atoms with E-state index in [1.54, 1.807) is 0 Å². The van der Waals surface area contributed by atoms with Crippen molar-refractivity contribution in [1.29, 1.82) is 0 Å². The van der Waals surface area contributed by atoms with Crippen LogP contribution in [0.3, 0.4) is 0 Å². The molecule has 0 bridgehead atoms. The number of unbranched alkanes of at least 4 members (excludes halogenated alkanes) is 13. The van der Waals surface area contributed by atoms with Crippen molar-refractivity contribution in [3.8, 4) is 0 Å². The summed E-state index contributed by atoms with van der Waals surface area (Å²) in [4.78, 5) is 35.2. The molecule has 0 aromatic rings. The fraction of sp³-hybridized carbons (Fsp3) is 0.549. The van der Waals surface area contributed by atoms with Crippen molar-refractivity contribution in [2.75, 3.05) is 26.4 Å². The molecule has 0 aliphatic rings. The van der Waals surface area contributed by atoms with Crippen LogP contribution in [0.4, 0.5) is 0 Å². The number of phosphoric acid groups is 1. The number of rotatable bonds is 56. The second-order valence-electron chi connectivity index (χ2n) is 19.8. The van der Waals surface area contributed by atoms with Crippen LogP contribution in [0.15, 0.2) is 182 Å². The van der Waals surface area contributed by atoms with Crippen molar-refractivity contribution in [3.63, 3.8) is 0 Å². The van der Waals surface area contributed by atoms with E-state index in [-0.39, 0.29) is 32.6 Å². The summed E-state index contributed by atoms with van der Waals surface area (Å²) in [5.41, 5.74) is 5.38. The Morgan fingerprint density at radius 2 is 0.667 bits per heavy atom. The molecule has 0 amide bonds. The summed E-state index contributed by atoms with van der Waals surface area (Å²) in [7, 11) is -4.42. The molecule has 3 N–H and O–H groups in total. The van der Waals surface area contributed by atoms with Crippen LogP contribution in [0.1, 0.15) is 219 Å². The van der Waals surface area contributed by atoms with Gasteiger partial charge in [0.15, 0.2) is 6.10 Å². The molecule has 9 nitrogen and oxygen atoms in total. The Bertz CT molecular complexity index is 1980. The molecule has 0 rings (SSSR count). The van der Waals surface area contributed by atoms with Crippen molar-refractivity contribution in [3.05, 3.63) is 182 Å². The SMILES string of the molecule is CC/C=C\C/C=C\C/C=C\C/C=C\C/C=C\C/C=C\C/C=C\C/C=C\C/C=C\CCCCCCCCCCCCCCCC(=O)OC(COC(=O)CC/C=C\C/C=C\C/C=C\C/C=C\C/C=C\C/C=C\CC)COP(=O)(O)OCCN. The maximum Gasteiger partial charge on any atom is 0.472 e. The number of ether oxygens (including phenoxy) is 2. The average Bonchev–Trinajstić information content (AvgIpc) is 3.46. The molecule has 0 radical (unpaired) electrons. The quantitative estimate of drug-likeness (QED) is 0.0264. The van der Waals surface area contributed by atoms with Crippen molar-refractivity contribution in [2.45, 2.75) is 225 Å². The van der Waals surface area contributed by atoms with E-state index in [4.69, 9.17) is 24.3 Å². The lowest BCUT2D eigenvalue weighted by Gasteiger charge is -2.19. The summed E-state index contributed by atoms with van der Waals surface area (Å²) in [6.45, 7) is 3.40. The van der Waals surface area contributed by atoms with E-state index in [0.29, 0.717) is 12.8 Å². The maximum absolute atomic E-state index is 12.7. The maximum atomic E-state index is 12.7. The van der Waals surface area contributed by atoms with Gasteiger partial charge in [0.1, 0.15) is 6.61 Å². The van der Waals surface area contributed by atoms with Crippen LogP contribution >= 0.6 is 7.82 Å². The zero-order valence-electron chi connectivity index (χ0n) is 50.7. The molecule has 0 aromatic heterocycles. The number of esters is 2. The molecule has 0 aliphatic carbocycles. The highest BCUT2D eigenvalue weighted by Crippen LogP contribution is 2.43. The predicted molar refractivity (Wildman–Crippen MR) is 348 cm³/mol.